The maximum Gasteiger partial charge on any atom is 0.237 e. The smallest absolute Gasteiger partial charge is 0.237 e. The van der Waals surface area contributed by atoms with Crippen LogP contribution in [0.3, 0.4) is 0 Å². The van der Waals surface area contributed by atoms with Gasteiger partial charge in [-0.15, -0.1) is 0 Å². The fourth-order valence-electron chi connectivity index (χ4n) is 3.97. The van der Waals surface area contributed by atoms with E-state index < -0.39 is 6.04 Å². The van der Waals surface area contributed by atoms with Gasteiger partial charge in [0.05, 0.1) is 12.1 Å². The highest BCUT2D eigenvalue weighted by molar-refractivity contribution is 5.82. The Labute approximate surface area is 211 Å². The Kier molecular flexibility index (Phi) is 12.5. The van der Waals surface area contributed by atoms with Crippen molar-refractivity contribution in [3.63, 3.8) is 0 Å². The molecule has 0 aliphatic rings. The quantitative estimate of drug-likeness (QED) is 0.289. The van der Waals surface area contributed by atoms with Crippen LogP contribution in [-0.2, 0) is 16.0 Å². The lowest BCUT2D eigenvalue weighted by Gasteiger charge is -2.21. The Morgan fingerprint density at radius 2 is 1.34 bits per heavy atom. The molecule has 35 heavy (non-hydrogen) atoms. The summed E-state index contributed by atoms with van der Waals surface area (Å²) in [6.07, 6.45) is 3.86. The first kappa shape index (κ1) is 28.5. The van der Waals surface area contributed by atoms with Crippen LogP contribution in [0.1, 0.15) is 58.9 Å². The molecule has 0 saturated heterocycles. The standard InChI is InChI=1S/C29H44N4O2/c1-21(2)10-8-18-31-28(34)26(30)13-9-19-32-29(35)27(33-22(3)4)20-23-14-16-25(17-15-23)24-11-6-5-7-12-24/h5-7,11-12,14-17,21-22,26-27,33H,8-10,13,18-20,30H2,1-4H3,(H,31,34)(H,32,35)/t26-,27?/m1/s1. The van der Waals surface area contributed by atoms with Gasteiger partial charge in [-0.05, 0) is 54.7 Å². The van der Waals surface area contributed by atoms with E-state index in [-0.39, 0.29) is 23.9 Å². The third-order valence-corrected chi connectivity index (χ3v) is 5.94. The summed E-state index contributed by atoms with van der Waals surface area (Å²) in [5.41, 5.74) is 9.46. The van der Waals surface area contributed by atoms with E-state index in [2.05, 4.69) is 66.2 Å². The molecule has 2 aromatic rings. The van der Waals surface area contributed by atoms with Crippen LogP contribution in [0.5, 0.6) is 0 Å². The summed E-state index contributed by atoms with van der Waals surface area (Å²) in [6.45, 7) is 9.58. The predicted molar refractivity (Wildman–Crippen MR) is 145 cm³/mol. The normalized spacial score (nSPS) is 13.0. The summed E-state index contributed by atoms with van der Waals surface area (Å²) in [4.78, 5) is 25.0. The molecular weight excluding hydrogens is 436 g/mol. The molecule has 2 rings (SSSR count). The minimum Gasteiger partial charge on any atom is -0.355 e. The lowest BCUT2D eigenvalue weighted by Crippen LogP contribution is -2.48. The van der Waals surface area contributed by atoms with Crippen LogP contribution >= 0.6 is 0 Å². The third kappa shape index (κ3) is 11.1. The zero-order valence-corrected chi connectivity index (χ0v) is 21.8. The second-order valence-electron chi connectivity index (χ2n) is 10.0. The highest BCUT2D eigenvalue weighted by atomic mass is 16.2. The molecule has 2 amide bonds. The van der Waals surface area contributed by atoms with E-state index >= 15 is 0 Å². The molecule has 0 fully saturated rings. The highest BCUT2D eigenvalue weighted by Gasteiger charge is 2.20. The Bertz CT molecular complexity index is 881. The summed E-state index contributed by atoms with van der Waals surface area (Å²) in [5.74, 6) is 0.489. The topological polar surface area (TPSA) is 96.2 Å². The SMILES string of the molecule is CC(C)CCCNC(=O)[C@H](N)CCCNC(=O)C(Cc1ccc(-c2ccccc2)cc1)NC(C)C. The van der Waals surface area contributed by atoms with Crippen molar-refractivity contribution in [2.45, 2.75) is 77.9 Å². The Hall–Kier alpha value is -2.70. The maximum atomic E-state index is 12.9. The fraction of sp³-hybridized carbons (Fsp3) is 0.517. The first-order valence-corrected chi connectivity index (χ1v) is 13.0. The van der Waals surface area contributed by atoms with Crippen LogP contribution in [0.4, 0.5) is 0 Å². The molecule has 0 bridgehead atoms. The van der Waals surface area contributed by atoms with Crippen LogP contribution < -0.4 is 21.7 Å². The average molecular weight is 481 g/mol. The van der Waals surface area contributed by atoms with Gasteiger partial charge in [0, 0.05) is 19.1 Å². The molecule has 0 aliphatic carbocycles. The van der Waals surface area contributed by atoms with Gasteiger partial charge in [-0.25, -0.2) is 0 Å². The van der Waals surface area contributed by atoms with Crippen molar-refractivity contribution in [3.05, 3.63) is 60.2 Å². The summed E-state index contributed by atoms with van der Waals surface area (Å²) >= 11 is 0. The van der Waals surface area contributed by atoms with Gasteiger partial charge in [0.1, 0.15) is 0 Å². The second kappa shape index (κ2) is 15.3. The van der Waals surface area contributed by atoms with Crippen molar-refractivity contribution in [2.24, 2.45) is 11.7 Å². The monoisotopic (exact) mass is 480 g/mol. The number of carbonyl (C=O) groups is 2. The van der Waals surface area contributed by atoms with Crippen LogP contribution in [-0.4, -0.2) is 43.0 Å². The van der Waals surface area contributed by atoms with Crippen LogP contribution in [0, 0.1) is 5.92 Å². The predicted octanol–water partition coefficient (Wildman–Crippen LogP) is 4.04. The van der Waals surface area contributed by atoms with Crippen molar-refractivity contribution in [1.29, 1.82) is 0 Å². The first-order chi connectivity index (χ1) is 16.8. The zero-order chi connectivity index (χ0) is 25.6. The third-order valence-electron chi connectivity index (χ3n) is 5.94. The lowest BCUT2D eigenvalue weighted by atomic mass is 10.00. The molecule has 1 unspecified atom stereocenters. The van der Waals surface area contributed by atoms with Crippen molar-refractivity contribution < 1.29 is 9.59 Å². The number of amides is 2. The van der Waals surface area contributed by atoms with E-state index in [0.717, 1.165) is 24.0 Å². The van der Waals surface area contributed by atoms with E-state index in [1.165, 1.54) is 5.56 Å². The highest BCUT2D eigenvalue weighted by Crippen LogP contribution is 2.19. The van der Waals surface area contributed by atoms with E-state index in [4.69, 9.17) is 5.73 Å². The Morgan fingerprint density at radius 1 is 0.771 bits per heavy atom. The molecule has 0 radical (unpaired) electrons. The van der Waals surface area contributed by atoms with Crippen molar-refractivity contribution in [2.75, 3.05) is 13.1 Å². The van der Waals surface area contributed by atoms with Crippen molar-refractivity contribution in [3.8, 4) is 11.1 Å². The Balaban J connectivity index is 1.79. The molecule has 0 saturated carbocycles. The molecular formula is C29H44N4O2. The van der Waals surface area contributed by atoms with E-state index in [1.807, 2.05) is 32.0 Å². The Morgan fingerprint density at radius 3 is 1.94 bits per heavy atom. The van der Waals surface area contributed by atoms with Crippen LogP contribution in [0.25, 0.3) is 11.1 Å². The molecule has 6 heteroatoms. The molecule has 6 nitrogen and oxygen atoms in total. The molecule has 2 aromatic carbocycles. The van der Waals surface area contributed by atoms with Gasteiger partial charge in [0.2, 0.25) is 11.8 Å². The van der Waals surface area contributed by atoms with Gasteiger partial charge >= 0.3 is 0 Å². The fourth-order valence-corrected chi connectivity index (χ4v) is 3.97. The number of nitrogens with two attached hydrogens (primary N) is 1. The molecule has 2 atom stereocenters. The van der Waals surface area contributed by atoms with Crippen LogP contribution in [0.15, 0.2) is 54.6 Å². The average Bonchev–Trinajstić information content (AvgIpc) is 2.84. The largest absolute Gasteiger partial charge is 0.355 e. The number of benzene rings is 2. The maximum absolute atomic E-state index is 12.9. The minimum atomic E-state index is -0.543. The molecule has 0 aliphatic heterocycles. The number of hydrogen-bond donors (Lipinski definition) is 4. The number of hydrogen-bond acceptors (Lipinski definition) is 4. The molecule has 0 aromatic heterocycles. The second-order valence-corrected chi connectivity index (χ2v) is 10.0. The number of carbonyl (C=O) groups excluding carboxylic acids is 2. The summed E-state index contributed by atoms with van der Waals surface area (Å²) in [6, 6.07) is 17.9. The minimum absolute atomic E-state index is 0.0301. The van der Waals surface area contributed by atoms with Gasteiger partial charge in [0.15, 0.2) is 0 Å². The van der Waals surface area contributed by atoms with E-state index in [9.17, 15) is 9.59 Å². The van der Waals surface area contributed by atoms with Gasteiger partial charge in [-0.2, -0.15) is 0 Å². The molecule has 0 heterocycles. The van der Waals surface area contributed by atoms with Gasteiger partial charge in [0.25, 0.3) is 0 Å². The van der Waals surface area contributed by atoms with E-state index in [0.29, 0.717) is 38.3 Å². The van der Waals surface area contributed by atoms with Gasteiger partial charge in [-0.1, -0.05) is 82.3 Å². The first-order valence-electron chi connectivity index (χ1n) is 13.0. The lowest BCUT2D eigenvalue weighted by molar-refractivity contribution is -0.123. The summed E-state index contributed by atoms with van der Waals surface area (Å²) in [5, 5.41) is 9.30. The molecule has 5 N–H and O–H groups in total. The zero-order valence-electron chi connectivity index (χ0n) is 21.8. The van der Waals surface area contributed by atoms with Gasteiger partial charge in [-0.3, -0.25) is 9.59 Å². The van der Waals surface area contributed by atoms with Gasteiger partial charge < -0.3 is 21.7 Å². The van der Waals surface area contributed by atoms with E-state index in [1.54, 1.807) is 0 Å². The summed E-state index contributed by atoms with van der Waals surface area (Å²) < 4.78 is 0. The van der Waals surface area contributed by atoms with Crippen molar-refractivity contribution in [1.82, 2.24) is 16.0 Å². The number of rotatable bonds is 15. The molecule has 192 valence electrons. The molecule has 0 spiro atoms. The van der Waals surface area contributed by atoms with Crippen molar-refractivity contribution >= 4 is 11.8 Å². The number of nitrogens with one attached hydrogen (secondary N) is 3. The van der Waals surface area contributed by atoms with Crippen LogP contribution in [0.2, 0.25) is 0 Å². The summed E-state index contributed by atoms with van der Waals surface area (Å²) in [7, 11) is 0.